The maximum atomic E-state index is 4.57. The van der Waals surface area contributed by atoms with Gasteiger partial charge in [-0.3, -0.25) is 4.99 Å². The minimum Gasteiger partial charge on any atom is -0.356 e. The quantitative estimate of drug-likeness (QED) is 0.447. The van der Waals surface area contributed by atoms with Crippen LogP contribution in [0, 0.1) is 0 Å². The lowest BCUT2D eigenvalue weighted by Crippen LogP contribution is -1.88. The standard InChI is InChI=1S/C23H19N3/c1-3-7-21(8-4-1)25-22-13-11-20(12-14-22)24-17-19-15-16-26(18-19)23-9-5-2-6-10-23/h1-18,25H. The molecule has 0 spiro atoms. The molecular formula is C23H19N3. The van der Waals surface area contributed by atoms with E-state index in [4.69, 9.17) is 0 Å². The first kappa shape index (κ1) is 15.9. The molecule has 0 bridgehead atoms. The first-order valence-electron chi connectivity index (χ1n) is 8.56. The largest absolute Gasteiger partial charge is 0.356 e. The van der Waals surface area contributed by atoms with Crippen LogP contribution in [0.3, 0.4) is 0 Å². The average Bonchev–Trinajstić information content (AvgIpc) is 3.18. The fraction of sp³-hybridized carbons (Fsp3) is 0. The number of rotatable bonds is 5. The summed E-state index contributed by atoms with van der Waals surface area (Å²) in [4.78, 5) is 4.57. The molecule has 0 radical (unpaired) electrons. The summed E-state index contributed by atoms with van der Waals surface area (Å²) >= 11 is 0. The number of nitrogens with zero attached hydrogens (tertiary/aromatic N) is 2. The van der Waals surface area contributed by atoms with E-state index in [1.807, 2.05) is 85.2 Å². The van der Waals surface area contributed by atoms with Crippen LogP contribution < -0.4 is 5.32 Å². The van der Waals surface area contributed by atoms with E-state index in [2.05, 4.69) is 39.3 Å². The van der Waals surface area contributed by atoms with Gasteiger partial charge in [-0.25, -0.2) is 0 Å². The van der Waals surface area contributed by atoms with Crippen molar-refractivity contribution >= 4 is 23.3 Å². The fourth-order valence-electron chi connectivity index (χ4n) is 2.72. The SMILES string of the molecule is C(=Nc1ccc(Nc2ccccc2)cc1)c1ccn(-c2ccccc2)c1. The van der Waals surface area contributed by atoms with Gasteiger partial charge in [0.15, 0.2) is 0 Å². The Balaban J connectivity index is 1.43. The third kappa shape index (κ3) is 3.90. The molecule has 3 aromatic carbocycles. The molecule has 3 heteroatoms. The van der Waals surface area contributed by atoms with Gasteiger partial charge in [-0.15, -0.1) is 0 Å². The number of aromatic nitrogens is 1. The minimum atomic E-state index is 0.927. The predicted octanol–water partition coefficient (Wildman–Crippen LogP) is 5.97. The Morgan fingerprint density at radius 1 is 0.692 bits per heavy atom. The monoisotopic (exact) mass is 337 g/mol. The van der Waals surface area contributed by atoms with Gasteiger partial charge < -0.3 is 9.88 Å². The van der Waals surface area contributed by atoms with Gasteiger partial charge in [0.25, 0.3) is 0 Å². The van der Waals surface area contributed by atoms with Gasteiger partial charge in [-0.1, -0.05) is 36.4 Å². The summed E-state index contributed by atoms with van der Waals surface area (Å²) in [5, 5.41) is 3.37. The Labute approximate surface area is 153 Å². The Hall–Kier alpha value is -3.59. The summed E-state index contributed by atoms with van der Waals surface area (Å²) < 4.78 is 2.09. The molecule has 0 saturated heterocycles. The molecule has 126 valence electrons. The fourth-order valence-corrected chi connectivity index (χ4v) is 2.72. The molecule has 26 heavy (non-hydrogen) atoms. The molecule has 1 aromatic heterocycles. The van der Waals surface area contributed by atoms with Gasteiger partial charge in [-0.05, 0) is 54.6 Å². The van der Waals surface area contributed by atoms with Crippen molar-refractivity contribution in [3.63, 3.8) is 0 Å². The number of anilines is 2. The number of hydrogen-bond acceptors (Lipinski definition) is 2. The summed E-state index contributed by atoms with van der Waals surface area (Å²) in [5.41, 5.74) is 5.26. The second-order valence-corrected chi connectivity index (χ2v) is 5.98. The molecule has 1 heterocycles. The number of hydrogen-bond donors (Lipinski definition) is 1. The number of nitrogens with one attached hydrogen (secondary N) is 1. The number of para-hydroxylation sites is 2. The smallest absolute Gasteiger partial charge is 0.0631 e. The highest BCUT2D eigenvalue weighted by molar-refractivity contribution is 5.82. The molecule has 4 aromatic rings. The van der Waals surface area contributed by atoms with Crippen LogP contribution in [-0.4, -0.2) is 10.8 Å². The third-order valence-electron chi connectivity index (χ3n) is 4.06. The lowest BCUT2D eigenvalue weighted by molar-refractivity contribution is 1.08. The molecule has 0 fully saturated rings. The lowest BCUT2D eigenvalue weighted by atomic mass is 10.2. The molecule has 0 atom stereocenters. The van der Waals surface area contributed by atoms with Crippen LogP contribution in [0.1, 0.15) is 5.56 Å². The van der Waals surface area contributed by atoms with Crippen LogP contribution in [0.25, 0.3) is 5.69 Å². The van der Waals surface area contributed by atoms with Gasteiger partial charge >= 0.3 is 0 Å². The maximum Gasteiger partial charge on any atom is 0.0631 e. The Bertz CT molecular complexity index is 985. The van der Waals surface area contributed by atoms with Crippen molar-refractivity contribution in [3.8, 4) is 5.69 Å². The van der Waals surface area contributed by atoms with E-state index in [9.17, 15) is 0 Å². The molecule has 1 N–H and O–H groups in total. The van der Waals surface area contributed by atoms with E-state index >= 15 is 0 Å². The van der Waals surface area contributed by atoms with E-state index in [1.54, 1.807) is 0 Å². The molecule has 0 aliphatic carbocycles. The first-order valence-corrected chi connectivity index (χ1v) is 8.56. The van der Waals surface area contributed by atoms with E-state index < -0.39 is 0 Å². The third-order valence-corrected chi connectivity index (χ3v) is 4.06. The summed E-state index contributed by atoms with van der Waals surface area (Å²) in [6, 6.07) is 30.5. The van der Waals surface area contributed by atoms with Crippen LogP contribution in [0.5, 0.6) is 0 Å². The zero-order valence-corrected chi connectivity index (χ0v) is 14.3. The van der Waals surface area contributed by atoms with E-state index in [0.717, 1.165) is 28.3 Å². The maximum absolute atomic E-state index is 4.57. The molecule has 0 unspecified atom stereocenters. The number of benzene rings is 3. The summed E-state index contributed by atoms with van der Waals surface area (Å²) in [5.74, 6) is 0. The second kappa shape index (κ2) is 7.53. The van der Waals surface area contributed by atoms with Gasteiger partial charge in [0, 0.05) is 41.2 Å². The normalized spacial score (nSPS) is 10.9. The van der Waals surface area contributed by atoms with Crippen molar-refractivity contribution in [3.05, 3.63) is 109 Å². The van der Waals surface area contributed by atoms with E-state index in [-0.39, 0.29) is 0 Å². The summed E-state index contributed by atoms with van der Waals surface area (Å²) in [6.07, 6.45) is 6.01. The molecule has 0 aliphatic heterocycles. The van der Waals surface area contributed by atoms with E-state index in [1.165, 1.54) is 0 Å². The second-order valence-electron chi connectivity index (χ2n) is 5.98. The van der Waals surface area contributed by atoms with Crippen molar-refractivity contribution in [1.29, 1.82) is 0 Å². The van der Waals surface area contributed by atoms with Crippen molar-refractivity contribution in [2.75, 3.05) is 5.32 Å². The highest BCUT2D eigenvalue weighted by atomic mass is 14.9. The van der Waals surface area contributed by atoms with Crippen LogP contribution in [0.2, 0.25) is 0 Å². The Morgan fingerprint density at radius 3 is 2.08 bits per heavy atom. The van der Waals surface area contributed by atoms with Gasteiger partial charge in [0.05, 0.1) is 5.69 Å². The van der Waals surface area contributed by atoms with Crippen LogP contribution in [-0.2, 0) is 0 Å². The van der Waals surface area contributed by atoms with Gasteiger partial charge in [-0.2, -0.15) is 0 Å². The molecule has 3 nitrogen and oxygen atoms in total. The molecular weight excluding hydrogens is 318 g/mol. The van der Waals surface area contributed by atoms with Crippen molar-refractivity contribution in [2.45, 2.75) is 0 Å². The minimum absolute atomic E-state index is 0.927. The lowest BCUT2D eigenvalue weighted by Gasteiger charge is -2.05. The van der Waals surface area contributed by atoms with Crippen molar-refractivity contribution in [1.82, 2.24) is 4.57 Å². The Morgan fingerprint density at radius 2 is 1.35 bits per heavy atom. The molecule has 0 saturated carbocycles. The first-order chi connectivity index (χ1) is 12.9. The van der Waals surface area contributed by atoms with Crippen LogP contribution >= 0.6 is 0 Å². The summed E-state index contributed by atoms with van der Waals surface area (Å²) in [7, 11) is 0. The molecule has 0 amide bonds. The van der Waals surface area contributed by atoms with Crippen LogP contribution in [0.15, 0.2) is 108 Å². The zero-order valence-electron chi connectivity index (χ0n) is 14.3. The van der Waals surface area contributed by atoms with E-state index in [0.29, 0.717) is 0 Å². The number of aliphatic imine (C=N–C) groups is 1. The van der Waals surface area contributed by atoms with Gasteiger partial charge in [0.1, 0.15) is 0 Å². The highest BCUT2D eigenvalue weighted by Crippen LogP contribution is 2.20. The van der Waals surface area contributed by atoms with Crippen molar-refractivity contribution < 1.29 is 0 Å². The zero-order chi connectivity index (χ0) is 17.6. The highest BCUT2D eigenvalue weighted by Gasteiger charge is 1.97. The molecule has 4 rings (SSSR count). The Kier molecular flexibility index (Phi) is 4.61. The average molecular weight is 337 g/mol. The topological polar surface area (TPSA) is 29.3 Å². The van der Waals surface area contributed by atoms with Gasteiger partial charge in [0.2, 0.25) is 0 Å². The van der Waals surface area contributed by atoms with Crippen molar-refractivity contribution in [2.24, 2.45) is 4.99 Å². The predicted molar refractivity (Wildman–Crippen MR) is 109 cm³/mol. The summed E-state index contributed by atoms with van der Waals surface area (Å²) in [6.45, 7) is 0. The molecule has 0 aliphatic rings. The van der Waals surface area contributed by atoms with Crippen LogP contribution in [0.4, 0.5) is 17.1 Å².